The Morgan fingerprint density at radius 2 is 1.90 bits per heavy atom. The molecule has 6 nitrogen and oxygen atoms in total. The molecule has 1 amide bonds. The van der Waals surface area contributed by atoms with E-state index in [0.717, 1.165) is 16.9 Å². The molecule has 0 aliphatic rings. The standard InChI is InChI=1S/C20H16F4N4O2/c1-28-11-15(18(27-28)20(22,23)24)19(29)26-17-14(4-3-5-16(17)21)13-8-6-12(7-9-13)10-25-30-2/h3-11H,1-2H3,(H,26,29)/b25-10-. The third kappa shape index (κ3) is 4.48. The molecule has 0 fully saturated rings. The van der Waals surface area contributed by atoms with E-state index in [1.165, 1.54) is 26.4 Å². The Morgan fingerprint density at radius 3 is 2.53 bits per heavy atom. The minimum atomic E-state index is -4.83. The van der Waals surface area contributed by atoms with Crippen LogP contribution in [0, 0.1) is 5.82 Å². The molecule has 0 saturated carbocycles. The number of nitrogens with one attached hydrogen (secondary N) is 1. The maximum absolute atomic E-state index is 14.5. The number of oxime groups is 1. The van der Waals surface area contributed by atoms with E-state index in [1.807, 2.05) is 0 Å². The molecule has 0 bridgehead atoms. The van der Waals surface area contributed by atoms with Crippen molar-refractivity contribution in [1.82, 2.24) is 9.78 Å². The van der Waals surface area contributed by atoms with Gasteiger partial charge in [-0.2, -0.15) is 18.3 Å². The Balaban J connectivity index is 1.97. The molecule has 0 atom stereocenters. The van der Waals surface area contributed by atoms with Crippen molar-refractivity contribution in [1.29, 1.82) is 0 Å². The van der Waals surface area contributed by atoms with Crippen LogP contribution in [-0.4, -0.2) is 29.0 Å². The molecule has 1 aromatic heterocycles. The molecule has 3 aromatic rings. The lowest BCUT2D eigenvalue weighted by Crippen LogP contribution is -2.18. The molecule has 0 radical (unpaired) electrons. The first-order valence-corrected chi connectivity index (χ1v) is 8.58. The number of para-hydroxylation sites is 1. The number of halogens is 4. The number of nitrogens with zero attached hydrogens (tertiary/aromatic N) is 3. The van der Waals surface area contributed by atoms with Gasteiger partial charge in [0.15, 0.2) is 5.69 Å². The predicted molar refractivity (Wildman–Crippen MR) is 103 cm³/mol. The molecule has 2 aromatic carbocycles. The quantitative estimate of drug-likeness (QED) is 0.376. The maximum Gasteiger partial charge on any atom is 0.435 e. The number of alkyl halides is 3. The number of rotatable bonds is 5. The second kappa shape index (κ2) is 8.36. The lowest BCUT2D eigenvalue weighted by atomic mass is 10.0. The van der Waals surface area contributed by atoms with Crippen molar-refractivity contribution < 1.29 is 27.2 Å². The van der Waals surface area contributed by atoms with Gasteiger partial charge in [-0.05, 0) is 17.2 Å². The van der Waals surface area contributed by atoms with Gasteiger partial charge in [0.05, 0.1) is 17.5 Å². The molecule has 30 heavy (non-hydrogen) atoms. The fourth-order valence-electron chi connectivity index (χ4n) is 2.80. The molecule has 1 heterocycles. The summed E-state index contributed by atoms with van der Waals surface area (Å²) in [5.74, 6) is -1.91. The first kappa shape index (κ1) is 21.0. The summed E-state index contributed by atoms with van der Waals surface area (Å²) in [5.41, 5.74) is -0.726. The predicted octanol–water partition coefficient (Wildman–Crippen LogP) is 4.48. The number of aryl methyl sites for hydroxylation is 1. The Hall–Kier alpha value is -3.69. The van der Waals surface area contributed by atoms with Crippen LogP contribution in [-0.2, 0) is 18.1 Å². The van der Waals surface area contributed by atoms with Crippen molar-refractivity contribution in [3.05, 3.63) is 71.3 Å². The Labute approximate surface area is 168 Å². The molecule has 3 rings (SSSR count). The van der Waals surface area contributed by atoms with Crippen molar-refractivity contribution in [2.75, 3.05) is 12.4 Å². The summed E-state index contributed by atoms with van der Waals surface area (Å²) in [5, 5.41) is 9.19. The number of carbonyl (C=O) groups excluding carboxylic acids is 1. The van der Waals surface area contributed by atoms with Crippen LogP contribution in [0.4, 0.5) is 23.2 Å². The average molecular weight is 420 g/mol. The van der Waals surface area contributed by atoms with Gasteiger partial charge in [-0.15, -0.1) is 0 Å². The smallest absolute Gasteiger partial charge is 0.399 e. The average Bonchev–Trinajstić information content (AvgIpc) is 3.11. The first-order valence-electron chi connectivity index (χ1n) is 8.58. The summed E-state index contributed by atoms with van der Waals surface area (Å²) in [7, 11) is 2.66. The normalized spacial score (nSPS) is 11.7. The van der Waals surface area contributed by atoms with Crippen molar-refractivity contribution in [2.45, 2.75) is 6.18 Å². The van der Waals surface area contributed by atoms with E-state index in [0.29, 0.717) is 16.7 Å². The number of amides is 1. The summed E-state index contributed by atoms with van der Waals surface area (Å²) in [6.45, 7) is 0. The van der Waals surface area contributed by atoms with E-state index < -0.39 is 29.2 Å². The van der Waals surface area contributed by atoms with E-state index in [2.05, 4.69) is 20.4 Å². The van der Waals surface area contributed by atoms with Crippen molar-refractivity contribution >= 4 is 17.8 Å². The Kier molecular flexibility index (Phi) is 5.86. The molecular formula is C20H16F4N4O2. The van der Waals surface area contributed by atoms with Gasteiger partial charge in [0, 0.05) is 18.8 Å². The minimum absolute atomic E-state index is 0.238. The zero-order valence-corrected chi connectivity index (χ0v) is 15.9. The zero-order chi connectivity index (χ0) is 21.9. The van der Waals surface area contributed by atoms with Gasteiger partial charge in [-0.1, -0.05) is 41.6 Å². The topological polar surface area (TPSA) is 68.5 Å². The highest BCUT2D eigenvalue weighted by Gasteiger charge is 2.39. The Morgan fingerprint density at radius 1 is 1.20 bits per heavy atom. The lowest BCUT2D eigenvalue weighted by molar-refractivity contribution is -0.141. The van der Waals surface area contributed by atoms with Crippen LogP contribution < -0.4 is 5.32 Å². The number of carbonyl (C=O) groups is 1. The molecule has 10 heteroatoms. The van der Waals surface area contributed by atoms with Gasteiger partial charge in [0.1, 0.15) is 12.9 Å². The van der Waals surface area contributed by atoms with Gasteiger partial charge in [0.25, 0.3) is 5.91 Å². The summed E-state index contributed by atoms with van der Waals surface area (Å²) in [6, 6.07) is 10.8. The van der Waals surface area contributed by atoms with Crippen LogP contribution in [0.2, 0.25) is 0 Å². The lowest BCUT2D eigenvalue weighted by Gasteiger charge is -2.13. The number of benzene rings is 2. The van der Waals surface area contributed by atoms with Gasteiger partial charge in [-0.25, -0.2) is 4.39 Å². The fraction of sp³-hybridized carbons (Fsp3) is 0.150. The number of hydrogen-bond donors (Lipinski definition) is 1. The molecule has 0 spiro atoms. The van der Waals surface area contributed by atoms with E-state index in [1.54, 1.807) is 30.3 Å². The minimum Gasteiger partial charge on any atom is -0.399 e. The van der Waals surface area contributed by atoms with Gasteiger partial charge in [0.2, 0.25) is 0 Å². The van der Waals surface area contributed by atoms with E-state index in [4.69, 9.17) is 0 Å². The highest BCUT2D eigenvalue weighted by Crippen LogP contribution is 2.33. The van der Waals surface area contributed by atoms with Gasteiger partial charge >= 0.3 is 6.18 Å². The molecule has 0 aliphatic carbocycles. The van der Waals surface area contributed by atoms with Gasteiger partial charge in [-0.3, -0.25) is 9.48 Å². The summed E-state index contributed by atoms with van der Waals surface area (Å²) in [4.78, 5) is 17.1. The molecule has 0 saturated heterocycles. The van der Waals surface area contributed by atoms with Crippen LogP contribution in [0.1, 0.15) is 21.6 Å². The first-order chi connectivity index (χ1) is 14.2. The monoisotopic (exact) mass is 420 g/mol. The second-order valence-corrected chi connectivity index (χ2v) is 6.22. The van der Waals surface area contributed by atoms with Crippen molar-refractivity contribution in [2.24, 2.45) is 12.2 Å². The third-order valence-corrected chi connectivity index (χ3v) is 4.12. The third-order valence-electron chi connectivity index (χ3n) is 4.12. The second-order valence-electron chi connectivity index (χ2n) is 6.22. The highest BCUT2D eigenvalue weighted by molar-refractivity contribution is 6.07. The largest absolute Gasteiger partial charge is 0.435 e. The number of anilines is 1. The molecule has 1 N–H and O–H groups in total. The molecular weight excluding hydrogens is 404 g/mol. The van der Waals surface area contributed by atoms with Crippen LogP contribution >= 0.6 is 0 Å². The summed E-state index contributed by atoms with van der Waals surface area (Å²) < 4.78 is 54.9. The van der Waals surface area contributed by atoms with Crippen LogP contribution in [0.3, 0.4) is 0 Å². The van der Waals surface area contributed by atoms with Crippen molar-refractivity contribution in [3.63, 3.8) is 0 Å². The van der Waals surface area contributed by atoms with E-state index in [9.17, 15) is 22.4 Å². The summed E-state index contributed by atoms with van der Waals surface area (Å²) >= 11 is 0. The fourth-order valence-corrected chi connectivity index (χ4v) is 2.80. The van der Waals surface area contributed by atoms with Crippen LogP contribution in [0.25, 0.3) is 11.1 Å². The zero-order valence-electron chi connectivity index (χ0n) is 15.9. The molecule has 156 valence electrons. The number of aromatic nitrogens is 2. The van der Waals surface area contributed by atoms with Crippen LogP contribution in [0.5, 0.6) is 0 Å². The maximum atomic E-state index is 14.5. The number of hydrogen-bond acceptors (Lipinski definition) is 4. The van der Waals surface area contributed by atoms with Gasteiger partial charge < -0.3 is 10.2 Å². The molecule has 0 unspecified atom stereocenters. The summed E-state index contributed by atoms with van der Waals surface area (Å²) in [6.07, 6.45) is -2.42. The van der Waals surface area contributed by atoms with Crippen LogP contribution in [0.15, 0.2) is 53.8 Å². The van der Waals surface area contributed by atoms with Crippen molar-refractivity contribution in [3.8, 4) is 11.1 Å². The van der Waals surface area contributed by atoms with E-state index in [-0.39, 0.29) is 5.69 Å². The molecule has 0 aliphatic heterocycles. The van der Waals surface area contributed by atoms with E-state index >= 15 is 0 Å². The highest BCUT2D eigenvalue weighted by atomic mass is 19.4. The Bertz CT molecular complexity index is 1090. The SMILES string of the molecule is CO/N=C\c1ccc(-c2cccc(F)c2NC(=O)c2cn(C)nc2C(F)(F)F)cc1.